The zero-order valence-corrected chi connectivity index (χ0v) is 18.4. The van der Waals surface area contributed by atoms with Crippen LogP contribution < -0.4 is 9.64 Å². The smallest absolute Gasteiger partial charge is 0.293 e. The van der Waals surface area contributed by atoms with E-state index < -0.39 is 5.91 Å². The maximum absolute atomic E-state index is 12.7. The largest absolute Gasteiger partial charge is 0.507 e. The van der Waals surface area contributed by atoms with Gasteiger partial charge in [0.2, 0.25) is 0 Å². The second-order valence-corrected chi connectivity index (χ2v) is 7.93. The molecule has 0 atom stereocenters. The molecule has 6 nitrogen and oxygen atoms in total. The molecule has 1 saturated heterocycles. The molecule has 3 rings (SSSR count). The van der Waals surface area contributed by atoms with E-state index in [0.717, 1.165) is 35.4 Å². The number of para-hydroxylation sites is 1. The number of amides is 2. The van der Waals surface area contributed by atoms with Gasteiger partial charge >= 0.3 is 0 Å². The van der Waals surface area contributed by atoms with Crippen molar-refractivity contribution in [3.05, 3.63) is 58.0 Å². The van der Waals surface area contributed by atoms with Gasteiger partial charge in [-0.15, -0.1) is 0 Å². The fourth-order valence-corrected chi connectivity index (χ4v) is 4.13. The number of benzene rings is 2. The molecule has 8 heteroatoms. The zero-order valence-electron chi connectivity index (χ0n) is 16.8. The molecule has 1 fully saturated rings. The lowest BCUT2D eigenvalue weighted by Gasteiger charge is -2.21. The number of imide groups is 1. The highest BCUT2D eigenvalue weighted by atomic mass is 35.5. The van der Waals surface area contributed by atoms with Crippen LogP contribution in [0, 0.1) is 0 Å². The molecule has 158 valence electrons. The van der Waals surface area contributed by atoms with Crippen molar-refractivity contribution in [2.24, 2.45) is 0 Å². The van der Waals surface area contributed by atoms with Crippen LogP contribution in [0.3, 0.4) is 0 Å². The Balaban J connectivity index is 1.68. The van der Waals surface area contributed by atoms with Crippen molar-refractivity contribution in [3.63, 3.8) is 0 Å². The summed E-state index contributed by atoms with van der Waals surface area (Å²) in [6.07, 6.45) is 1.54. The molecule has 2 aromatic carbocycles. The zero-order chi connectivity index (χ0) is 21.7. The van der Waals surface area contributed by atoms with Crippen LogP contribution in [0.15, 0.2) is 47.4 Å². The van der Waals surface area contributed by atoms with Crippen LogP contribution in [0.1, 0.15) is 19.4 Å². The Bertz CT molecular complexity index is 975. The third-order valence-corrected chi connectivity index (χ3v) is 5.93. The third kappa shape index (κ3) is 4.91. The molecule has 0 saturated carbocycles. The van der Waals surface area contributed by atoms with Crippen molar-refractivity contribution in [1.29, 1.82) is 0 Å². The standard InChI is InChI=1S/C22H23ClN2O4S/c1-3-24(4-2)16-10-9-15(18(26)14-16)13-20-21(27)25(22(28)30-20)11-12-29-19-8-6-5-7-17(19)23/h5-10,13-14,26H,3-4,11-12H2,1-2H3/b20-13-. The van der Waals surface area contributed by atoms with Gasteiger partial charge < -0.3 is 14.7 Å². The van der Waals surface area contributed by atoms with Crippen molar-refractivity contribution in [3.8, 4) is 11.5 Å². The van der Waals surface area contributed by atoms with Crippen LogP contribution in [0.2, 0.25) is 5.02 Å². The van der Waals surface area contributed by atoms with E-state index in [1.807, 2.05) is 19.9 Å². The first-order valence-corrected chi connectivity index (χ1v) is 10.8. The number of rotatable bonds is 8. The summed E-state index contributed by atoms with van der Waals surface area (Å²) >= 11 is 6.89. The second kappa shape index (κ2) is 9.91. The number of ether oxygens (including phenoxy) is 1. The van der Waals surface area contributed by atoms with Gasteiger partial charge in [0.25, 0.3) is 11.1 Å². The van der Waals surface area contributed by atoms with E-state index in [1.165, 1.54) is 0 Å². The monoisotopic (exact) mass is 446 g/mol. The lowest BCUT2D eigenvalue weighted by Crippen LogP contribution is -2.32. The Morgan fingerprint density at radius 2 is 1.90 bits per heavy atom. The van der Waals surface area contributed by atoms with Crippen molar-refractivity contribution in [1.82, 2.24) is 4.90 Å². The van der Waals surface area contributed by atoms with Crippen molar-refractivity contribution >= 4 is 46.3 Å². The SMILES string of the molecule is CCN(CC)c1ccc(/C=C2\SC(=O)N(CCOc3ccccc3Cl)C2=O)c(O)c1. The number of thioether (sulfide) groups is 1. The Morgan fingerprint density at radius 3 is 2.57 bits per heavy atom. The lowest BCUT2D eigenvalue weighted by molar-refractivity contribution is -0.123. The predicted molar refractivity (Wildman–Crippen MR) is 121 cm³/mol. The number of hydrogen-bond acceptors (Lipinski definition) is 6. The summed E-state index contributed by atoms with van der Waals surface area (Å²) in [6.45, 7) is 5.98. The Morgan fingerprint density at radius 1 is 1.17 bits per heavy atom. The predicted octanol–water partition coefficient (Wildman–Crippen LogP) is 5.01. The van der Waals surface area contributed by atoms with E-state index in [-0.39, 0.29) is 29.0 Å². The fourth-order valence-electron chi connectivity index (χ4n) is 3.08. The summed E-state index contributed by atoms with van der Waals surface area (Å²) in [4.78, 5) is 28.4. The minimum absolute atomic E-state index is 0.0632. The van der Waals surface area contributed by atoms with Crippen molar-refractivity contribution < 1.29 is 19.4 Å². The van der Waals surface area contributed by atoms with E-state index in [0.29, 0.717) is 16.3 Å². The molecule has 0 aliphatic carbocycles. The molecule has 2 amide bonds. The van der Waals surface area contributed by atoms with Gasteiger partial charge in [0.1, 0.15) is 18.1 Å². The molecular formula is C22H23ClN2O4S. The number of carbonyl (C=O) groups excluding carboxylic acids is 2. The van der Waals surface area contributed by atoms with Gasteiger partial charge in [0.15, 0.2) is 0 Å². The molecule has 1 heterocycles. The molecule has 30 heavy (non-hydrogen) atoms. The Labute approximate surface area is 185 Å². The van der Waals surface area contributed by atoms with Gasteiger partial charge in [-0.3, -0.25) is 14.5 Å². The first-order chi connectivity index (χ1) is 14.4. The number of nitrogens with zero attached hydrogens (tertiary/aromatic N) is 2. The summed E-state index contributed by atoms with van der Waals surface area (Å²) in [5.41, 5.74) is 1.39. The summed E-state index contributed by atoms with van der Waals surface area (Å²) in [7, 11) is 0. The van der Waals surface area contributed by atoms with Gasteiger partial charge in [-0.05, 0) is 56.0 Å². The van der Waals surface area contributed by atoms with Gasteiger partial charge in [0, 0.05) is 30.4 Å². The molecule has 2 aromatic rings. The highest BCUT2D eigenvalue weighted by molar-refractivity contribution is 8.18. The highest BCUT2D eigenvalue weighted by Gasteiger charge is 2.35. The van der Waals surface area contributed by atoms with Gasteiger partial charge in [0.05, 0.1) is 16.5 Å². The topological polar surface area (TPSA) is 70.1 Å². The Hall–Kier alpha value is -2.64. The number of anilines is 1. The summed E-state index contributed by atoms with van der Waals surface area (Å²) in [6, 6.07) is 12.3. The van der Waals surface area contributed by atoms with Gasteiger partial charge in [-0.25, -0.2) is 0 Å². The van der Waals surface area contributed by atoms with E-state index in [2.05, 4.69) is 4.90 Å². The molecule has 0 unspecified atom stereocenters. The quantitative estimate of drug-likeness (QED) is 0.575. The summed E-state index contributed by atoms with van der Waals surface area (Å²) < 4.78 is 5.57. The minimum Gasteiger partial charge on any atom is -0.507 e. The molecule has 0 bridgehead atoms. The Kier molecular flexibility index (Phi) is 7.29. The molecule has 0 spiro atoms. The van der Waals surface area contributed by atoms with Crippen molar-refractivity contribution in [2.75, 3.05) is 31.1 Å². The van der Waals surface area contributed by atoms with Crippen LogP contribution in [0.4, 0.5) is 10.5 Å². The summed E-state index contributed by atoms with van der Waals surface area (Å²) in [5.74, 6) is 0.160. The number of halogens is 1. The average Bonchev–Trinajstić information content (AvgIpc) is 2.99. The van der Waals surface area contributed by atoms with Crippen LogP contribution >= 0.6 is 23.4 Å². The van der Waals surface area contributed by atoms with Crippen molar-refractivity contribution in [2.45, 2.75) is 13.8 Å². The third-order valence-electron chi connectivity index (χ3n) is 4.71. The molecule has 1 aliphatic heterocycles. The van der Waals surface area contributed by atoms with Crippen LogP contribution in [0.25, 0.3) is 6.08 Å². The van der Waals surface area contributed by atoms with E-state index in [1.54, 1.807) is 42.5 Å². The molecule has 1 N–H and O–H groups in total. The van der Waals surface area contributed by atoms with Gasteiger partial charge in [-0.1, -0.05) is 23.7 Å². The number of phenols is 1. The van der Waals surface area contributed by atoms with Crippen LogP contribution in [0.5, 0.6) is 11.5 Å². The first kappa shape index (κ1) is 22.1. The number of hydrogen-bond donors (Lipinski definition) is 1. The maximum Gasteiger partial charge on any atom is 0.293 e. The van der Waals surface area contributed by atoms with E-state index >= 15 is 0 Å². The number of carbonyl (C=O) groups is 2. The molecule has 0 aromatic heterocycles. The minimum atomic E-state index is -0.403. The number of aromatic hydroxyl groups is 1. The number of phenolic OH excluding ortho intramolecular Hbond substituents is 1. The summed E-state index contributed by atoms with van der Waals surface area (Å²) in [5, 5.41) is 10.5. The van der Waals surface area contributed by atoms with E-state index in [4.69, 9.17) is 16.3 Å². The van der Waals surface area contributed by atoms with Gasteiger partial charge in [-0.2, -0.15) is 0 Å². The van der Waals surface area contributed by atoms with Crippen LogP contribution in [-0.4, -0.2) is 47.4 Å². The normalized spacial score (nSPS) is 15.2. The lowest BCUT2D eigenvalue weighted by atomic mass is 10.1. The maximum atomic E-state index is 12.7. The highest BCUT2D eigenvalue weighted by Crippen LogP contribution is 2.35. The fraction of sp³-hybridized carbons (Fsp3) is 0.273. The second-order valence-electron chi connectivity index (χ2n) is 6.53. The average molecular weight is 447 g/mol. The molecule has 0 radical (unpaired) electrons. The van der Waals surface area contributed by atoms with E-state index in [9.17, 15) is 14.7 Å². The molecule has 1 aliphatic rings. The van der Waals surface area contributed by atoms with Crippen LogP contribution in [-0.2, 0) is 4.79 Å². The first-order valence-electron chi connectivity index (χ1n) is 9.65. The molecular weight excluding hydrogens is 424 g/mol.